The molecule has 1 amide bonds. The van der Waals surface area contributed by atoms with Gasteiger partial charge in [0.05, 0.1) is 31.5 Å². The second kappa shape index (κ2) is 6.83. The van der Waals surface area contributed by atoms with Gasteiger partial charge in [0.25, 0.3) is 5.91 Å². The fourth-order valence-corrected chi connectivity index (χ4v) is 3.22. The molecule has 0 fully saturated rings. The monoisotopic (exact) mass is 326 g/mol. The zero-order valence-electron chi connectivity index (χ0n) is 14.0. The predicted octanol–water partition coefficient (Wildman–Crippen LogP) is 3.09. The van der Waals surface area contributed by atoms with Gasteiger partial charge in [-0.05, 0) is 54.7 Å². The first-order valence-corrected chi connectivity index (χ1v) is 8.04. The molecule has 3 N–H and O–H groups in total. The standard InChI is InChI=1S/C19H22N2O3/c1-23-13-9-10-14-12(11-13)5-3-7-16(14)21-19(22)15-6-4-8-17(24-2)18(15)20/h4,6,8-11,16H,3,5,7,20H2,1-2H3,(H,21,22). The van der Waals surface area contributed by atoms with Gasteiger partial charge in [-0.15, -0.1) is 0 Å². The summed E-state index contributed by atoms with van der Waals surface area (Å²) >= 11 is 0. The predicted molar refractivity (Wildman–Crippen MR) is 93.5 cm³/mol. The molecule has 1 aliphatic rings. The molecule has 0 heterocycles. The van der Waals surface area contributed by atoms with Crippen LogP contribution in [0.3, 0.4) is 0 Å². The first-order valence-electron chi connectivity index (χ1n) is 8.04. The molecule has 1 aliphatic carbocycles. The highest BCUT2D eigenvalue weighted by Gasteiger charge is 2.24. The van der Waals surface area contributed by atoms with Crippen molar-refractivity contribution in [1.82, 2.24) is 5.32 Å². The van der Waals surface area contributed by atoms with Crippen molar-refractivity contribution in [2.75, 3.05) is 20.0 Å². The minimum Gasteiger partial charge on any atom is -0.497 e. The van der Waals surface area contributed by atoms with Gasteiger partial charge in [-0.1, -0.05) is 12.1 Å². The molecular weight excluding hydrogens is 304 g/mol. The number of methoxy groups -OCH3 is 2. The smallest absolute Gasteiger partial charge is 0.253 e. The number of benzene rings is 2. The Balaban J connectivity index is 1.84. The summed E-state index contributed by atoms with van der Waals surface area (Å²) in [5, 5.41) is 3.11. The third kappa shape index (κ3) is 3.02. The molecule has 5 heteroatoms. The van der Waals surface area contributed by atoms with E-state index in [1.54, 1.807) is 25.3 Å². The number of anilines is 1. The molecule has 3 rings (SSSR count). The lowest BCUT2D eigenvalue weighted by Gasteiger charge is -2.27. The topological polar surface area (TPSA) is 73.6 Å². The third-order valence-corrected chi connectivity index (χ3v) is 4.50. The van der Waals surface area contributed by atoms with Crippen molar-refractivity contribution in [1.29, 1.82) is 0 Å². The Morgan fingerprint density at radius 2 is 2.04 bits per heavy atom. The summed E-state index contributed by atoms with van der Waals surface area (Å²) in [4.78, 5) is 12.7. The van der Waals surface area contributed by atoms with Crippen molar-refractivity contribution in [3.05, 3.63) is 53.1 Å². The number of amides is 1. The van der Waals surface area contributed by atoms with Gasteiger partial charge < -0.3 is 20.5 Å². The van der Waals surface area contributed by atoms with Gasteiger partial charge in [0.2, 0.25) is 0 Å². The molecule has 0 radical (unpaired) electrons. The summed E-state index contributed by atoms with van der Waals surface area (Å²) in [6.07, 6.45) is 2.94. The lowest BCUT2D eigenvalue weighted by molar-refractivity contribution is 0.0933. The number of nitrogen functional groups attached to an aromatic ring is 1. The second-order valence-corrected chi connectivity index (χ2v) is 5.90. The van der Waals surface area contributed by atoms with Crippen molar-refractivity contribution < 1.29 is 14.3 Å². The highest BCUT2D eigenvalue weighted by molar-refractivity contribution is 6.00. The van der Waals surface area contributed by atoms with Crippen LogP contribution in [0.15, 0.2) is 36.4 Å². The van der Waals surface area contributed by atoms with Crippen molar-refractivity contribution in [2.45, 2.75) is 25.3 Å². The number of nitrogens with one attached hydrogen (secondary N) is 1. The van der Waals surface area contributed by atoms with Crippen LogP contribution in [-0.2, 0) is 6.42 Å². The fraction of sp³-hybridized carbons (Fsp3) is 0.316. The van der Waals surface area contributed by atoms with E-state index in [0.29, 0.717) is 17.0 Å². The lowest BCUT2D eigenvalue weighted by atomic mass is 9.87. The van der Waals surface area contributed by atoms with Gasteiger partial charge in [0, 0.05) is 0 Å². The largest absolute Gasteiger partial charge is 0.497 e. The van der Waals surface area contributed by atoms with E-state index >= 15 is 0 Å². The molecule has 0 saturated heterocycles. The van der Waals surface area contributed by atoms with Crippen LogP contribution in [0, 0.1) is 0 Å². The number of aryl methyl sites for hydroxylation is 1. The summed E-state index contributed by atoms with van der Waals surface area (Å²) in [7, 11) is 3.20. The molecule has 2 aromatic rings. The van der Waals surface area contributed by atoms with Gasteiger partial charge >= 0.3 is 0 Å². The minimum atomic E-state index is -0.180. The van der Waals surface area contributed by atoms with Crippen LogP contribution >= 0.6 is 0 Å². The van der Waals surface area contributed by atoms with Crippen LogP contribution in [-0.4, -0.2) is 20.1 Å². The minimum absolute atomic E-state index is 0.0160. The Kier molecular flexibility index (Phi) is 4.60. The Morgan fingerprint density at radius 3 is 2.79 bits per heavy atom. The Morgan fingerprint density at radius 1 is 1.21 bits per heavy atom. The first kappa shape index (κ1) is 16.2. The summed E-state index contributed by atoms with van der Waals surface area (Å²) in [5.74, 6) is 1.18. The van der Waals surface area contributed by atoms with E-state index in [1.165, 1.54) is 12.7 Å². The number of rotatable bonds is 4. The maximum Gasteiger partial charge on any atom is 0.253 e. The highest BCUT2D eigenvalue weighted by Crippen LogP contribution is 2.33. The van der Waals surface area contributed by atoms with E-state index in [9.17, 15) is 4.79 Å². The lowest BCUT2D eigenvalue weighted by Crippen LogP contribution is -2.31. The van der Waals surface area contributed by atoms with Crippen LogP contribution in [0.1, 0.15) is 40.4 Å². The summed E-state index contributed by atoms with van der Waals surface area (Å²) in [6, 6.07) is 11.2. The Labute approximate surface area is 141 Å². The number of carbonyl (C=O) groups is 1. The number of para-hydroxylation sites is 1. The molecular formula is C19H22N2O3. The number of hydrogen-bond acceptors (Lipinski definition) is 4. The van der Waals surface area contributed by atoms with Gasteiger partial charge in [0.15, 0.2) is 0 Å². The normalized spacial score (nSPS) is 16.2. The van der Waals surface area contributed by atoms with Crippen molar-refractivity contribution in [2.24, 2.45) is 0 Å². The second-order valence-electron chi connectivity index (χ2n) is 5.90. The number of fused-ring (bicyclic) bond motifs is 1. The van der Waals surface area contributed by atoms with E-state index < -0.39 is 0 Å². The van der Waals surface area contributed by atoms with Crippen LogP contribution in [0.4, 0.5) is 5.69 Å². The molecule has 24 heavy (non-hydrogen) atoms. The zero-order chi connectivity index (χ0) is 17.1. The highest BCUT2D eigenvalue weighted by atomic mass is 16.5. The summed E-state index contributed by atoms with van der Waals surface area (Å²) < 4.78 is 10.5. The quantitative estimate of drug-likeness (QED) is 0.847. The Bertz CT molecular complexity index is 758. The molecule has 126 valence electrons. The van der Waals surface area contributed by atoms with Crippen molar-refractivity contribution >= 4 is 11.6 Å². The molecule has 5 nitrogen and oxygen atoms in total. The molecule has 1 unspecified atom stereocenters. The van der Waals surface area contributed by atoms with E-state index in [-0.39, 0.29) is 11.9 Å². The van der Waals surface area contributed by atoms with Crippen LogP contribution in [0.5, 0.6) is 11.5 Å². The molecule has 0 saturated carbocycles. The van der Waals surface area contributed by atoms with E-state index in [0.717, 1.165) is 30.6 Å². The number of hydrogen-bond donors (Lipinski definition) is 2. The van der Waals surface area contributed by atoms with E-state index in [4.69, 9.17) is 15.2 Å². The van der Waals surface area contributed by atoms with Crippen molar-refractivity contribution in [3.8, 4) is 11.5 Å². The van der Waals surface area contributed by atoms with E-state index in [2.05, 4.69) is 5.32 Å². The molecule has 1 atom stereocenters. The zero-order valence-corrected chi connectivity index (χ0v) is 14.0. The molecule has 0 aromatic heterocycles. The van der Waals surface area contributed by atoms with Gasteiger partial charge in [-0.2, -0.15) is 0 Å². The maximum atomic E-state index is 12.7. The van der Waals surface area contributed by atoms with Crippen molar-refractivity contribution in [3.63, 3.8) is 0 Å². The molecule has 0 spiro atoms. The Hall–Kier alpha value is -2.69. The number of nitrogens with two attached hydrogens (primary N) is 1. The molecule has 2 aromatic carbocycles. The average Bonchev–Trinajstić information content (AvgIpc) is 2.61. The van der Waals surface area contributed by atoms with E-state index in [1.807, 2.05) is 18.2 Å². The molecule has 0 aliphatic heterocycles. The summed E-state index contributed by atoms with van der Waals surface area (Å²) in [5.41, 5.74) is 9.21. The SMILES string of the molecule is COc1ccc2c(c1)CCCC2NC(=O)c1cccc(OC)c1N. The third-order valence-electron chi connectivity index (χ3n) is 4.50. The van der Waals surface area contributed by atoms with Crippen LogP contribution < -0.4 is 20.5 Å². The summed E-state index contributed by atoms with van der Waals surface area (Å²) in [6.45, 7) is 0. The number of carbonyl (C=O) groups excluding carboxylic acids is 1. The van der Waals surface area contributed by atoms with Gasteiger partial charge in [-0.25, -0.2) is 0 Å². The fourth-order valence-electron chi connectivity index (χ4n) is 3.22. The van der Waals surface area contributed by atoms with Gasteiger partial charge in [-0.3, -0.25) is 4.79 Å². The van der Waals surface area contributed by atoms with Gasteiger partial charge in [0.1, 0.15) is 11.5 Å². The maximum absolute atomic E-state index is 12.7. The first-order chi connectivity index (χ1) is 11.6. The van der Waals surface area contributed by atoms with Crippen LogP contribution in [0.2, 0.25) is 0 Å². The van der Waals surface area contributed by atoms with Crippen LogP contribution in [0.25, 0.3) is 0 Å². The molecule has 0 bridgehead atoms. The number of ether oxygens (including phenoxy) is 2. The average molecular weight is 326 g/mol.